The molecule has 0 heterocycles. The summed E-state index contributed by atoms with van der Waals surface area (Å²) in [5.74, 6) is -0.00491. The number of phenolic OH excluding ortho intramolecular Hbond substituents is 1. The lowest BCUT2D eigenvalue weighted by atomic mass is 10.3. The molecule has 2 rings (SSSR count). The molecular formula is C14H12N2O5. The highest BCUT2D eigenvalue weighted by atomic mass is 16.6. The molecule has 0 atom stereocenters. The average molecular weight is 288 g/mol. The van der Waals surface area contributed by atoms with Gasteiger partial charge in [-0.1, -0.05) is 6.07 Å². The lowest BCUT2D eigenvalue weighted by Gasteiger charge is -2.07. The molecular weight excluding hydrogens is 276 g/mol. The number of ether oxygens (including phenoxy) is 1. The van der Waals surface area contributed by atoms with E-state index in [1.165, 1.54) is 36.4 Å². The number of amides is 1. The van der Waals surface area contributed by atoms with Crippen molar-refractivity contribution >= 4 is 17.3 Å². The number of nitrogens with one attached hydrogen (secondary N) is 1. The number of anilines is 1. The van der Waals surface area contributed by atoms with E-state index in [-0.39, 0.29) is 18.0 Å². The van der Waals surface area contributed by atoms with E-state index in [1.54, 1.807) is 12.1 Å². The van der Waals surface area contributed by atoms with Gasteiger partial charge in [-0.25, -0.2) is 0 Å². The predicted molar refractivity (Wildman–Crippen MR) is 75.3 cm³/mol. The molecule has 0 aliphatic carbocycles. The van der Waals surface area contributed by atoms with Crippen LogP contribution in [-0.2, 0) is 4.79 Å². The number of benzene rings is 2. The molecule has 0 fully saturated rings. The third-order valence-electron chi connectivity index (χ3n) is 2.55. The fraction of sp³-hybridized carbons (Fsp3) is 0.0714. The van der Waals surface area contributed by atoms with Crippen LogP contribution in [0.4, 0.5) is 11.4 Å². The van der Waals surface area contributed by atoms with Crippen LogP contribution in [0, 0.1) is 10.1 Å². The summed E-state index contributed by atoms with van der Waals surface area (Å²) >= 11 is 0. The van der Waals surface area contributed by atoms with Gasteiger partial charge in [0.05, 0.1) is 4.92 Å². The second-order valence-electron chi connectivity index (χ2n) is 4.14. The number of aromatic hydroxyl groups is 1. The minimum atomic E-state index is -0.516. The van der Waals surface area contributed by atoms with E-state index in [2.05, 4.69) is 5.32 Å². The number of phenols is 1. The second kappa shape index (κ2) is 6.38. The smallest absolute Gasteiger partial charge is 0.269 e. The normalized spacial score (nSPS) is 9.90. The molecule has 0 radical (unpaired) electrons. The summed E-state index contributed by atoms with van der Waals surface area (Å²) in [5, 5.41) is 22.3. The van der Waals surface area contributed by atoms with Gasteiger partial charge in [-0.05, 0) is 24.3 Å². The van der Waals surface area contributed by atoms with Gasteiger partial charge in [0, 0.05) is 23.9 Å². The van der Waals surface area contributed by atoms with Crippen molar-refractivity contribution < 1.29 is 19.6 Å². The summed E-state index contributed by atoms with van der Waals surface area (Å²) in [6.07, 6.45) is 0. The van der Waals surface area contributed by atoms with Gasteiger partial charge in [-0.3, -0.25) is 14.9 Å². The Balaban J connectivity index is 1.87. The molecule has 0 unspecified atom stereocenters. The first-order valence-corrected chi connectivity index (χ1v) is 6.01. The molecule has 0 saturated carbocycles. The van der Waals surface area contributed by atoms with Gasteiger partial charge in [-0.15, -0.1) is 0 Å². The minimum absolute atomic E-state index is 0.0455. The van der Waals surface area contributed by atoms with E-state index in [9.17, 15) is 20.0 Å². The Kier molecular flexibility index (Phi) is 4.35. The minimum Gasteiger partial charge on any atom is -0.508 e. The van der Waals surface area contributed by atoms with Gasteiger partial charge >= 0.3 is 0 Å². The van der Waals surface area contributed by atoms with Gasteiger partial charge < -0.3 is 15.2 Å². The SMILES string of the molecule is O=C(COc1ccc([N+](=O)[O-])cc1)Nc1cccc(O)c1. The topological polar surface area (TPSA) is 102 Å². The van der Waals surface area contributed by atoms with Crippen LogP contribution < -0.4 is 10.1 Å². The second-order valence-corrected chi connectivity index (χ2v) is 4.14. The quantitative estimate of drug-likeness (QED) is 0.649. The lowest BCUT2D eigenvalue weighted by Crippen LogP contribution is -2.20. The molecule has 0 spiro atoms. The number of hydrogen-bond acceptors (Lipinski definition) is 5. The van der Waals surface area contributed by atoms with Crippen LogP contribution in [-0.4, -0.2) is 22.5 Å². The molecule has 108 valence electrons. The summed E-state index contributed by atoms with van der Waals surface area (Å²) < 4.78 is 5.21. The van der Waals surface area contributed by atoms with Crippen LogP contribution >= 0.6 is 0 Å². The predicted octanol–water partition coefficient (Wildman–Crippen LogP) is 2.32. The number of rotatable bonds is 5. The van der Waals surface area contributed by atoms with E-state index < -0.39 is 10.8 Å². The highest BCUT2D eigenvalue weighted by molar-refractivity contribution is 5.92. The zero-order valence-corrected chi connectivity index (χ0v) is 10.9. The number of carbonyl (C=O) groups excluding carboxylic acids is 1. The van der Waals surface area contributed by atoms with Crippen LogP contribution in [0.15, 0.2) is 48.5 Å². The van der Waals surface area contributed by atoms with Crippen molar-refractivity contribution in [3.8, 4) is 11.5 Å². The molecule has 0 bridgehead atoms. The van der Waals surface area contributed by atoms with Crippen LogP contribution in [0.3, 0.4) is 0 Å². The van der Waals surface area contributed by atoms with Crippen molar-refractivity contribution in [1.29, 1.82) is 0 Å². The molecule has 21 heavy (non-hydrogen) atoms. The van der Waals surface area contributed by atoms with Gasteiger partial charge in [0.15, 0.2) is 6.61 Å². The molecule has 7 heteroatoms. The van der Waals surface area contributed by atoms with E-state index in [1.807, 2.05) is 0 Å². The molecule has 0 aliphatic heterocycles. The van der Waals surface area contributed by atoms with Gasteiger partial charge in [0.1, 0.15) is 11.5 Å². The summed E-state index contributed by atoms with van der Waals surface area (Å²) in [5.41, 5.74) is 0.402. The van der Waals surface area contributed by atoms with Gasteiger partial charge in [0.2, 0.25) is 0 Å². The summed E-state index contributed by atoms with van der Waals surface area (Å²) in [6.45, 7) is -0.243. The van der Waals surface area contributed by atoms with Crippen LogP contribution in [0.25, 0.3) is 0 Å². The van der Waals surface area contributed by atoms with Crippen LogP contribution in [0.5, 0.6) is 11.5 Å². The summed E-state index contributed by atoms with van der Waals surface area (Å²) in [4.78, 5) is 21.6. The van der Waals surface area contributed by atoms with Crippen molar-refractivity contribution in [3.63, 3.8) is 0 Å². The molecule has 2 aromatic rings. The summed E-state index contributed by atoms with van der Waals surface area (Å²) in [7, 11) is 0. The van der Waals surface area contributed by atoms with Crippen molar-refractivity contribution in [3.05, 3.63) is 58.6 Å². The fourth-order valence-corrected chi connectivity index (χ4v) is 1.59. The van der Waals surface area contributed by atoms with Crippen molar-refractivity contribution in [2.24, 2.45) is 0 Å². The maximum absolute atomic E-state index is 11.6. The Morgan fingerprint density at radius 2 is 1.95 bits per heavy atom. The molecule has 2 aromatic carbocycles. The Morgan fingerprint density at radius 3 is 2.57 bits per heavy atom. The maximum atomic E-state index is 11.6. The Morgan fingerprint density at radius 1 is 1.24 bits per heavy atom. The molecule has 2 N–H and O–H groups in total. The lowest BCUT2D eigenvalue weighted by molar-refractivity contribution is -0.384. The number of nitro benzene ring substituents is 1. The largest absolute Gasteiger partial charge is 0.508 e. The molecule has 7 nitrogen and oxygen atoms in total. The number of carbonyl (C=O) groups is 1. The summed E-state index contributed by atoms with van der Waals surface area (Å²) in [6, 6.07) is 11.5. The first kappa shape index (κ1) is 14.3. The number of nitro groups is 1. The first-order valence-electron chi connectivity index (χ1n) is 6.01. The molecule has 0 saturated heterocycles. The molecule has 0 aromatic heterocycles. The zero-order valence-electron chi connectivity index (χ0n) is 10.9. The van der Waals surface area contributed by atoms with Crippen molar-refractivity contribution in [2.45, 2.75) is 0 Å². The standard InChI is InChI=1S/C14H12N2O5/c17-12-3-1-2-10(8-12)15-14(18)9-21-13-6-4-11(5-7-13)16(19)20/h1-8,17H,9H2,(H,15,18). The van der Waals surface area contributed by atoms with E-state index in [0.29, 0.717) is 11.4 Å². The van der Waals surface area contributed by atoms with Crippen molar-refractivity contribution in [1.82, 2.24) is 0 Å². The number of hydrogen-bond donors (Lipinski definition) is 2. The number of non-ortho nitro benzene ring substituents is 1. The molecule has 0 aliphatic rings. The third-order valence-corrected chi connectivity index (χ3v) is 2.55. The maximum Gasteiger partial charge on any atom is 0.269 e. The first-order chi connectivity index (χ1) is 10.0. The fourth-order valence-electron chi connectivity index (χ4n) is 1.59. The number of nitrogens with zero attached hydrogens (tertiary/aromatic N) is 1. The Hall–Kier alpha value is -3.09. The third kappa shape index (κ3) is 4.20. The van der Waals surface area contributed by atoms with E-state index in [0.717, 1.165) is 0 Å². The highest BCUT2D eigenvalue weighted by Gasteiger charge is 2.07. The van der Waals surface area contributed by atoms with Crippen LogP contribution in [0.2, 0.25) is 0 Å². The average Bonchev–Trinajstić information content (AvgIpc) is 2.45. The molecule has 1 amide bonds. The van der Waals surface area contributed by atoms with Gasteiger partial charge in [0.25, 0.3) is 11.6 Å². The van der Waals surface area contributed by atoms with Crippen molar-refractivity contribution in [2.75, 3.05) is 11.9 Å². The zero-order chi connectivity index (χ0) is 15.2. The van der Waals surface area contributed by atoms with E-state index >= 15 is 0 Å². The van der Waals surface area contributed by atoms with Crippen LogP contribution in [0.1, 0.15) is 0 Å². The Labute approximate surface area is 119 Å². The van der Waals surface area contributed by atoms with Gasteiger partial charge in [-0.2, -0.15) is 0 Å². The Bertz CT molecular complexity index is 655. The monoisotopic (exact) mass is 288 g/mol. The van der Waals surface area contributed by atoms with E-state index in [4.69, 9.17) is 4.74 Å². The highest BCUT2D eigenvalue weighted by Crippen LogP contribution is 2.18.